The first-order chi connectivity index (χ1) is 12.8. The zero-order valence-corrected chi connectivity index (χ0v) is 15.9. The molecule has 3 rings (SSSR count). The van der Waals surface area contributed by atoms with Gasteiger partial charge in [0.15, 0.2) is 9.84 Å². The van der Waals surface area contributed by atoms with Crippen molar-refractivity contribution in [3.05, 3.63) is 71.9 Å². The van der Waals surface area contributed by atoms with Crippen molar-refractivity contribution < 1.29 is 22.0 Å². The Hall–Kier alpha value is -2.67. The highest BCUT2D eigenvalue weighted by molar-refractivity contribution is 7.89. The van der Waals surface area contributed by atoms with Crippen molar-refractivity contribution in [1.29, 1.82) is 0 Å². The van der Waals surface area contributed by atoms with E-state index in [-0.39, 0.29) is 29.2 Å². The molecule has 27 heavy (non-hydrogen) atoms. The minimum Gasteiger partial charge on any atom is -0.491 e. The van der Waals surface area contributed by atoms with Crippen LogP contribution in [0.1, 0.15) is 25.1 Å². The van der Waals surface area contributed by atoms with Crippen molar-refractivity contribution in [2.75, 3.05) is 0 Å². The van der Waals surface area contributed by atoms with Crippen LogP contribution in [-0.4, -0.2) is 19.5 Å². The Morgan fingerprint density at radius 2 is 1.89 bits per heavy atom. The molecule has 2 aromatic carbocycles. The molecule has 0 radical (unpaired) electrons. The molecular formula is C20H20FNO4S. The monoisotopic (exact) mass is 389 g/mol. The van der Waals surface area contributed by atoms with Gasteiger partial charge in [-0.2, -0.15) is 0 Å². The standard InChI is InChI=1S/C20H20FNO4S/c1-14(2)26-19-9-4-3-6-16(19)12-27(23,24)13-18-11-25-20(22-18)15-7-5-8-17(21)10-15/h3-11,14H,12-13H2,1-2H3. The van der Waals surface area contributed by atoms with Crippen LogP contribution < -0.4 is 4.74 Å². The summed E-state index contributed by atoms with van der Waals surface area (Å²) in [5, 5.41) is 0. The largest absolute Gasteiger partial charge is 0.491 e. The highest BCUT2D eigenvalue weighted by Gasteiger charge is 2.19. The van der Waals surface area contributed by atoms with E-state index in [1.807, 2.05) is 13.8 Å². The zero-order valence-electron chi connectivity index (χ0n) is 15.1. The van der Waals surface area contributed by atoms with Gasteiger partial charge in [-0.1, -0.05) is 24.3 Å². The molecule has 142 valence electrons. The molecule has 5 nitrogen and oxygen atoms in total. The van der Waals surface area contributed by atoms with Crippen LogP contribution in [0.4, 0.5) is 4.39 Å². The maximum atomic E-state index is 13.3. The fraction of sp³-hybridized carbons (Fsp3) is 0.250. The normalized spacial score (nSPS) is 11.7. The van der Waals surface area contributed by atoms with Gasteiger partial charge in [0.2, 0.25) is 5.89 Å². The van der Waals surface area contributed by atoms with Gasteiger partial charge in [-0.3, -0.25) is 0 Å². The molecule has 7 heteroatoms. The van der Waals surface area contributed by atoms with Gasteiger partial charge < -0.3 is 9.15 Å². The third-order valence-corrected chi connectivity index (χ3v) is 5.19. The van der Waals surface area contributed by atoms with E-state index in [4.69, 9.17) is 9.15 Å². The van der Waals surface area contributed by atoms with Crippen LogP contribution in [0.15, 0.2) is 59.2 Å². The third kappa shape index (κ3) is 5.17. The lowest BCUT2D eigenvalue weighted by Crippen LogP contribution is -2.12. The number of hydrogen-bond donors (Lipinski definition) is 0. The highest BCUT2D eigenvalue weighted by atomic mass is 32.2. The lowest BCUT2D eigenvalue weighted by atomic mass is 10.2. The smallest absolute Gasteiger partial charge is 0.226 e. The summed E-state index contributed by atoms with van der Waals surface area (Å²) in [6.07, 6.45) is 1.23. The summed E-state index contributed by atoms with van der Waals surface area (Å²) in [4.78, 5) is 4.18. The number of nitrogens with zero attached hydrogens (tertiary/aromatic N) is 1. The van der Waals surface area contributed by atoms with Crippen LogP contribution >= 0.6 is 0 Å². The van der Waals surface area contributed by atoms with Crippen LogP contribution in [-0.2, 0) is 21.3 Å². The van der Waals surface area contributed by atoms with Crippen molar-refractivity contribution in [2.45, 2.75) is 31.5 Å². The molecule has 0 atom stereocenters. The van der Waals surface area contributed by atoms with E-state index >= 15 is 0 Å². The van der Waals surface area contributed by atoms with E-state index in [0.29, 0.717) is 16.9 Å². The highest BCUT2D eigenvalue weighted by Crippen LogP contribution is 2.24. The van der Waals surface area contributed by atoms with Crippen molar-refractivity contribution in [3.63, 3.8) is 0 Å². The molecule has 1 heterocycles. The second kappa shape index (κ2) is 7.92. The molecule has 3 aromatic rings. The molecular weight excluding hydrogens is 369 g/mol. The molecule has 0 aliphatic heterocycles. The van der Waals surface area contributed by atoms with E-state index in [1.165, 1.54) is 24.5 Å². The first kappa shape index (κ1) is 19.1. The predicted octanol–water partition coefficient (Wildman–Crippen LogP) is 4.38. The summed E-state index contributed by atoms with van der Waals surface area (Å²) in [6.45, 7) is 3.77. The van der Waals surface area contributed by atoms with Crippen molar-refractivity contribution in [2.24, 2.45) is 0 Å². The molecule has 0 N–H and O–H groups in total. The molecule has 0 aliphatic rings. The number of sulfone groups is 1. The van der Waals surface area contributed by atoms with E-state index in [9.17, 15) is 12.8 Å². The maximum absolute atomic E-state index is 13.3. The first-order valence-electron chi connectivity index (χ1n) is 8.48. The molecule has 0 aliphatic carbocycles. The molecule has 0 saturated heterocycles. The van der Waals surface area contributed by atoms with E-state index in [2.05, 4.69) is 4.98 Å². The fourth-order valence-electron chi connectivity index (χ4n) is 2.63. The molecule has 0 amide bonds. The number of ether oxygens (including phenoxy) is 1. The average molecular weight is 389 g/mol. The molecule has 1 aromatic heterocycles. The van der Waals surface area contributed by atoms with Gasteiger partial charge in [-0.05, 0) is 38.1 Å². The Morgan fingerprint density at radius 1 is 1.11 bits per heavy atom. The first-order valence-corrected chi connectivity index (χ1v) is 10.3. The number of benzene rings is 2. The Balaban J connectivity index is 1.76. The van der Waals surface area contributed by atoms with Crippen molar-refractivity contribution >= 4 is 9.84 Å². The zero-order chi connectivity index (χ0) is 19.4. The molecule has 0 bridgehead atoms. The number of rotatable bonds is 7. The van der Waals surface area contributed by atoms with E-state index < -0.39 is 15.7 Å². The lowest BCUT2D eigenvalue weighted by molar-refractivity contribution is 0.240. The molecule has 0 saturated carbocycles. The number of para-hydroxylation sites is 1. The Morgan fingerprint density at radius 3 is 2.63 bits per heavy atom. The third-order valence-electron chi connectivity index (χ3n) is 3.70. The van der Waals surface area contributed by atoms with Gasteiger partial charge in [0.05, 0.1) is 23.3 Å². The topological polar surface area (TPSA) is 69.4 Å². The number of hydrogen-bond acceptors (Lipinski definition) is 5. The number of oxazole rings is 1. The predicted molar refractivity (Wildman–Crippen MR) is 100 cm³/mol. The van der Waals surface area contributed by atoms with Crippen molar-refractivity contribution in [3.8, 4) is 17.2 Å². The van der Waals surface area contributed by atoms with Gasteiger partial charge >= 0.3 is 0 Å². The lowest BCUT2D eigenvalue weighted by Gasteiger charge is -2.14. The van der Waals surface area contributed by atoms with Gasteiger partial charge in [0.25, 0.3) is 0 Å². The second-order valence-corrected chi connectivity index (χ2v) is 8.53. The van der Waals surface area contributed by atoms with Gasteiger partial charge in [0, 0.05) is 11.1 Å². The van der Waals surface area contributed by atoms with Crippen LogP contribution in [0, 0.1) is 5.82 Å². The second-order valence-electron chi connectivity index (χ2n) is 6.46. The van der Waals surface area contributed by atoms with Crippen LogP contribution in [0.25, 0.3) is 11.5 Å². The number of aromatic nitrogens is 1. The Labute approximate surface area is 157 Å². The summed E-state index contributed by atoms with van der Waals surface area (Å²) in [5.74, 6) is -0.124. The molecule has 0 fully saturated rings. The average Bonchev–Trinajstić information content (AvgIpc) is 3.03. The van der Waals surface area contributed by atoms with Gasteiger partial charge in [-0.15, -0.1) is 0 Å². The van der Waals surface area contributed by atoms with E-state index in [1.54, 1.807) is 30.3 Å². The Kier molecular flexibility index (Phi) is 5.60. The van der Waals surface area contributed by atoms with Crippen LogP contribution in [0.5, 0.6) is 5.75 Å². The van der Waals surface area contributed by atoms with Crippen molar-refractivity contribution in [1.82, 2.24) is 4.98 Å². The van der Waals surface area contributed by atoms with Gasteiger partial charge in [-0.25, -0.2) is 17.8 Å². The SMILES string of the molecule is CC(C)Oc1ccccc1CS(=O)(=O)Cc1coc(-c2cccc(F)c2)n1. The summed E-state index contributed by atoms with van der Waals surface area (Å²) in [7, 11) is -3.50. The fourth-order valence-corrected chi connectivity index (χ4v) is 4.03. The summed E-state index contributed by atoms with van der Waals surface area (Å²) in [5.41, 5.74) is 1.32. The quantitative estimate of drug-likeness (QED) is 0.600. The van der Waals surface area contributed by atoms with Gasteiger partial charge in [0.1, 0.15) is 17.8 Å². The Bertz CT molecular complexity index is 1030. The summed E-state index contributed by atoms with van der Waals surface area (Å²) >= 11 is 0. The van der Waals surface area contributed by atoms with Crippen LogP contribution in [0.2, 0.25) is 0 Å². The minimum atomic E-state index is -3.50. The van der Waals surface area contributed by atoms with E-state index in [0.717, 1.165) is 0 Å². The molecule has 0 unspecified atom stereocenters. The van der Waals surface area contributed by atoms with Crippen LogP contribution in [0.3, 0.4) is 0 Å². The number of halogens is 1. The molecule has 0 spiro atoms. The summed E-state index contributed by atoms with van der Waals surface area (Å²) < 4.78 is 49.5. The maximum Gasteiger partial charge on any atom is 0.226 e. The summed E-state index contributed by atoms with van der Waals surface area (Å²) in [6, 6.07) is 12.8. The minimum absolute atomic E-state index is 0.0572.